The minimum atomic E-state index is -3.50. The highest BCUT2D eigenvalue weighted by molar-refractivity contribution is 5.99. The Bertz CT molecular complexity index is 640. The molecular formula is C16H18F2N2O4. The van der Waals surface area contributed by atoms with E-state index in [-0.39, 0.29) is 31.9 Å². The second-order valence-corrected chi connectivity index (χ2v) is 5.66. The van der Waals surface area contributed by atoms with Crippen LogP contribution in [0.4, 0.5) is 8.78 Å². The molecule has 130 valence electrons. The number of hydrogen-bond acceptors (Lipinski definition) is 5. The summed E-state index contributed by atoms with van der Waals surface area (Å²) in [5.41, 5.74) is -2.31. The Kier molecular flexibility index (Phi) is 4.27. The molecule has 0 spiro atoms. The molecule has 1 aromatic carbocycles. The molecule has 2 heterocycles. The first-order chi connectivity index (χ1) is 11.4. The number of morpholine rings is 1. The largest absolute Gasteiger partial charge is 0.463 e. The minimum absolute atomic E-state index is 0.0626. The van der Waals surface area contributed by atoms with Gasteiger partial charge >= 0.3 is 11.9 Å². The van der Waals surface area contributed by atoms with Crippen LogP contribution >= 0.6 is 0 Å². The fraction of sp³-hybridized carbons (Fsp3) is 0.500. The maximum Gasteiger partial charge on any atom is 0.354 e. The molecule has 2 saturated heterocycles. The average molecular weight is 340 g/mol. The first kappa shape index (κ1) is 16.8. The van der Waals surface area contributed by atoms with E-state index in [1.807, 2.05) is 0 Å². The summed E-state index contributed by atoms with van der Waals surface area (Å²) in [6.45, 7) is 1.57. The summed E-state index contributed by atoms with van der Waals surface area (Å²) in [4.78, 5) is 26.1. The number of ether oxygens (including phenoxy) is 2. The first-order valence-corrected chi connectivity index (χ1v) is 7.72. The van der Waals surface area contributed by atoms with E-state index in [9.17, 15) is 18.4 Å². The highest BCUT2D eigenvalue weighted by atomic mass is 19.3. The van der Waals surface area contributed by atoms with Crippen molar-refractivity contribution in [3.8, 4) is 0 Å². The van der Waals surface area contributed by atoms with Crippen LogP contribution in [0.25, 0.3) is 0 Å². The molecule has 2 fully saturated rings. The van der Waals surface area contributed by atoms with Gasteiger partial charge in [0, 0.05) is 12.1 Å². The molecule has 1 N–H and O–H groups in total. The molecule has 0 radical (unpaired) electrons. The van der Waals surface area contributed by atoms with Crippen LogP contribution in [-0.2, 0) is 14.3 Å². The number of esters is 1. The monoisotopic (exact) mass is 340 g/mol. The van der Waals surface area contributed by atoms with E-state index in [4.69, 9.17) is 9.47 Å². The van der Waals surface area contributed by atoms with E-state index in [1.165, 1.54) is 24.0 Å². The first-order valence-electron chi connectivity index (χ1n) is 7.72. The van der Waals surface area contributed by atoms with E-state index in [2.05, 4.69) is 5.32 Å². The topological polar surface area (TPSA) is 67.9 Å². The van der Waals surface area contributed by atoms with Gasteiger partial charge in [0.15, 0.2) is 0 Å². The smallest absolute Gasteiger partial charge is 0.354 e. The molecule has 2 aliphatic heterocycles. The third-order valence-corrected chi connectivity index (χ3v) is 4.36. The summed E-state index contributed by atoms with van der Waals surface area (Å²) in [7, 11) is 0. The number of carbonyl (C=O) groups is 2. The van der Waals surface area contributed by atoms with E-state index >= 15 is 0 Å². The Morgan fingerprint density at radius 3 is 2.75 bits per heavy atom. The number of fused-ring (bicyclic) bond motifs is 1. The number of benzene rings is 1. The quantitative estimate of drug-likeness (QED) is 0.829. The van der Waals surface area contributed by atoms with Crippen molar-refractivity contribution in [2.24, 2.45) is 0 Å². The SMILES string of the molecule is CCOC(=O)C1(NC(=O)c2ccccc2)N2CCOCC2C1(F)F. The van der Waals surface area contributed by atoms with Gasteiger partial charge in [-0.2, -0.15) is 8.78 Å². The minimum Gasteiger partial charge on any atom is -0.463 e. The standard InChI is InChI=1S/C16H18F2N2O4/c1-2-24-14(22)16(19-13(21)11-6-4-3-5-7-11)15(17,18)12-10-23-9-8-20(12)16/h3-7,12H,2,8-10H2,1H3,(H,19,21). The molecule has 0 aliphatic carbocycles. The normalized spacial score (nSPS) is 28.4. The van der Waals surface area contributed by atoms with Crippen molar-refractivity contribution >= 4 is 11.9 Å². The number of halogens is 2. The average Bonchev–Trinajstić information content (AvgIpc) is 2.60. The summed E-state index contributed by atoms with van der Waals surface area (Å²) in [6, 6.07) is 6.65. The molecule has 2 unspecified atom stereocenters. The molecule has 6 nitrogen and oxygen atoms in total. The van der Waals surface area contributed by atoms with E-state index < -0.39 is 29.5 Å². The molecule has 2 atom stereocenters. The van der Waals surface area contributed by atoms with Gasteiger partial charge in [-0.05, 0) is 19.1 Å². The van der Waals surface area contributed by atoms with Crippen molar-refractivity contribution in [2.45, 2.75) is 24.6 Å². The third kappa shape index (κ3) is 2.29. The zero-order chi connectivity index (χ0) is 17.4. The molecule has 3 rings (SSSR count). The van der Waals surface area contributed by atoms with Crippen LogP contribution in [0, 0.1) is 0 Å². The molecular weight excluding hydrogens is 322 g/mol. The van der Waals surface area contributed by atoms with Gasteiger partial charge in [-0.25, -0.2) is 4.79 Å². The number of rotatable bonds is 4. The summed E-state index contributed by atoms with van der Waals surface area (Å²) in [5.74, 6) is -5.41. The van der Waals surface area contributed by atoms with Gasteiger partial charge in [-0.1, -0.05) is 18.2 Å². The molecule has 0 bridgehead atoms. The van der Waals surface area contributed by atoms with Crippen LogP contribution < -0.4 is 5.32 Å². The van der Waals surface area contributed by atoms with Crippen molar-refractivity contribution in [1.82, 2.24) is 10.2 Å². The van der Waals surface area contributed by atoms with Gasteiger partial charge in [-0.3, -0.25) is 9.69 Å². The van der Waals surface area contributed by atoms with Gasteiger partial charge in [0.05, 0.1) is 19.8 Å². The Labute approximate surface area is 137 Å². The number of carbonyl (C=O) groups excluding carboxylic acids is 2. The highest BCUT2D eigenvalue weighted by Crippen LogP contribution is 2.50. The van der Waals surface area contributed by atoms with Gasteiger partial charge in [0.2, 0.25) is 0 Å². The zero-order valence-electron chi connectivity index (χ0n) is 13.1. The molecule has 0 saturated carbocycles. The van der Waals surface area contributed by atoms with Crippen molar-refractivity contribution in [3.05, 3.63) is 35.9 Å². The number of hydrogen-bond donors (Lipinski definition) is 1. The molecule has 24 heavy (non-hydrogen) atoms. The van der Waals surface area contributed by atoms with Gasteiger partial charge in [0.25, 0.3) is 11.6 Å². The van der Waals surface area contributed by atoms with Crippen LogP contribution in [0.2, 0.25) is 0 Å². The fourth-order valence-corrected chi connectivity index (χ4v) is 3.19. The molecule has 1 aromatic rings. The number of nitrogens with zero attached hydrogens (tertiary/aromatic N) is 1. The number of amides is 1. The van der Waals surface area contributed by atoms with Gasteiger partial charge < -0.3 is 14.8 Å². The predicted octanol–water partition coefficient (Wildman–Crippen LogP) is 1.03. The highest BCUT2D eigenvalue weighted by Gasteiger charge is 2.80. The zero-order valence-corrected chi connectivity index (χ0v) is 13.1. The summed E-state index contributed by atoms with van der Waals surface area (Å²) in [6.07, 6.45) is 0. The van der Waals surface area contributed by atoms with Gasteiger partial charge in [0.1, 0.15) is 6.04 Å². The van der Waals surface area contributed by atoms with Crippen molar-refractivity contribution in [1.29, 1.82) is 0 Å². The summed E-state index contributed by atoms with van der Waals surface area (Å²) in [5, 5.41) is 2.23. The van der Waals surface area contributed by atoms with Crippen LogP contribution in [0.3, 0.4) is 0 Å². The maximum absolute atomic E-state index is 14.8. The second kappa shape index (κ2) is 6.10. The Balaban J connectivity index is 1.95. The molecule has 1 amide bonds. The van der Waals surface area contributed by atoms with Crippen LogP contribution in [0.15, 0.2) is 30.3 Å². The van der Waals surface area contributed by atoms with Crippen LogP contribution in [-0.4, -0.2) is 60.8 Å². The Morgan fingerprint density at radius 1 is 1.38 bits per heavy atom. The van der Waals surface area contributed by atoms with Crippen LogP contribution in [0.5, 0.6) is 0 Å². The predicted molar refractivity (Wildman–Crippen MR) is 79.5 cm³/mol. The lowest BCUT2D eigenvalue weighted by molar-refractivity contribution is -0.317. The maximum atomic E-state index is 14.8. The fourth-order valence-electron chi connectivity index (χ4n) is 3.19. The lowest BCUT2D eigenvalue weighted by atomic mass is 9.79. The van der Waals surface area contributed by atoms with Gasteiger partial charge in [-0.15, -0.1) is 0 Å². The molecule has 8 heteroatoms. The van der Waals surface area contributed by atoms with E-state index in [1.54, 1.807) is 18.2 Å². The molecule has 2 aliphatic rings. The number of alkyl halides is 2. The van der Waals surface area contributed by atoms with Crippen LogP contribution in [0.1, 0.15) is 17.3 Å². The van der Waals surface area contributed by atoms with Crippen molar-refractivity contribution < 1.29 is 27.8 Å². The van der Waals surface area contributed by atoms with Crippen molar-refractivity contribution in [2.75, 3.05) is 26.4 Å². The summed E-state index contributed by atoms with van der Waals surface area (Å²) >= 11 is 0. The Morgan fingerprint density at radius 2 is 2.08 bits per heavy atom. The molecule has 0 aromatic heterocycles. The van der Waals surface area contributed by atoms with E-state index in [0.717, 1.165) is 0 Å². The van der Waals surface area contributed by atoms with E-state index in [0.29, 0.717) is 0 Å². The Hall–Kier alpha value is -2.06. The second-order valence-electron chi connectivity index (χ2n) is 5.66. The summed E-state index contributed by atoms with van der Waals surface area (Å²) < 4.78 is 39.5. The van der Waals surface area contributed by atoms with Crippen molar-refractivity contribution in [3.63, 3.8) is 0 Å². The third-order valence-electron chi connectivity index (χ3n) is 4.36. The lowest BCUT2D eigenvalue weighted by Gasteiger charge is -2.61. The number of nitrogens with one attached hydrogen (secondary N) is 1. The lowest BCUT2D eigenvalue weighted by Crippen LogP contribution is -2.91.